The molecule has 0 amide bonds. The van der Waals surface area contributed by atoms with Crippen LogP contribution in [0.1, 0.15) is 50.4 Å². The fraction of sp³-hybridized carbons (Fsp3) is 0.588. The maximum absolute atomic E-state index is 11.4. The molecule has 3 rings (SSSR count). The molecule has 3 unspecified atom stereocenters. The van der Waals surface area contributed by atoms with E-state index in [1.54, 1.807) is 18.2 Å². The maximum Gasteiger partial charge on any atom is 0.341 e. The highest BCUT2D eigenvalue weighted by Crippen LogP contribution is 2.66. The SMILES string of the molecule is CC1(C)C2CCC1(C)C(Oc1cccc(Cl)c1C(=O)O)C2. The second-order valence-corrected chi connectivity index (χ2v) is 7.54. The van der Waals surface area contributed by atoms with Crippen LogP contribution in [0, 0.1) is 16.7 Å². The van der Waals surface area contributed by atoms with Crippen LogP contribution in [0.25, 0.3) is 0 Å². The summed E-state index contributed by atoms with van der Waals surface area (Å²) in [6, 6.07) is 5.03. The number of carbonyl (C=O) groups is 1. The van der Waals surface area contributed by atoms with Gasteiger partial charge in [-0.15, -0.1) is 0 Å². The van der Waals surface area contributed by atoms with Gasteiger partial charge in [0.25, 0.3) is 0 Å². The van der Waals surface area contributed by atoms with Crippen LogP contribution in [0.5, 0.6) is 5.75 Å². The van der Waals surface area contributed by atoms with Gasteiger partial charge in [-0.25, -0.2) is 4.79 Å². The van der Waals surface area contributed by atoms with Crippen molar-refractivity contribution in [1.29, 1.82) is 0 Å². The summed E-state index contributed by atoms with van der Waals surface area (Å²) >= 11 is 6.02. The summed E-state index contributed by atoms with van der Waals surface area (Å²) in [7, 11) is 0. The normalized spacial score (nSPS) is 33.1. The topological polar surface area (TPSA) is 46.5 Å². The lowest BCUT2D eigenvalue weighted by Crippen LogP contribution is -2.39. The third-order valence-electron chi connectivity index (χ3n) is 6.17. The molecule has 0 aromatic heterocycles. The smallest absolute Gasteiger partial charge is 0.341 e. The highest BCUT2D eigenvalue weighted by atomic mass is 35.5. The molecule has 114 valence electrons. The highest BCUT2D eigenvalue weighted by molar-refractivity contribution is 6.33. The average Bonchev–Trinajstić information content (AvgIpc) is 2.71. The third kappa shape index (κ3) is 1.97. The number of hydrogen-bond acceptors (Lipinski definition) is 2. The lowest BCUT2D eigenvalue weighted by atomic mass is 9.70. The summed E-state index contributed by atoms with van der Waals surface area (Å²) in [6.45, 7) is 6.89. The number of ether oxygens (including phenoxy) is 1. The van der Waals surface area contributed by atoms with Crippen molar-refractivity contribution in [2.45, 2.75) is 46.1 Å². The minimum Gasteiger partial charge on any atom is -0.489 e. The maximum atomic E-state index is 11.4. The molecule has 2 bridgehead atoms. The van der Waals surface area contributed by atoms with Crippen LogP contribution < -0.4 is 4.74 Å². The van der Waals surface area contributed by atoms with Gasteiger partial charge in [-0.05, 0) is 42.7 Å². The molecule has 0 heterocycles. The molecule has 0 spiro atoms. The van der Waals surface area contributed by atoms with Crippen molar-refractivity contribution < 1.29 is 14.6 Å². The highest BCUT2D eigenvalue weighted by Gasteiger charge is 2.62. The van der Waals surface area contributed by atoms with Crippen molar-refractivity contribution in [1.82, 2.24) is 0 Å². The first-order valence-corrected chi connectivity index (χ1v) is 7.83. The number of carboxylic acid groups (broad SMARTS) is 1. The predicted molar refractivity (Wildman–Crippen MR) is 82.1 cm³/mol. The van der Waals surface area contributed by atoms with Gasteiger partial charge in [0.05, 0.1) is 5.02 Å². The van der Waals surface area contributed by atoms with Crippen molar-refractivity contribution in [2.24, 2.45) is 16.7 Å². The number of aromatic carboxylic acids is 1. The van der Waals surface area contributed by atoms with E-state index in [0.717, 1.165) is 12.8 Å². The van der Waals surface area contributed by atoms with Crippen molar-refractivity contribution in [2.75, 3.05) is 0 Å². The number of hydrogen-bond donors (Lipinski definition) is 1. The first-order valence-electron chi connectivity index (χ1n) is 7.46. The molecule has 3 nitrogen and oxygen atoms in total. The molecule has 1 aromatic rings. The zero-order chi connectivity index (χ0) is 15.4. The fourth-order valence-electron chi connectivity index (χ4n) is 4.27. The molecule has 1 N–H and O–H groups in total. The monoisotopic (exact) mass is 308 g/mol. The molecule has 2 aliphatic rings. The Morgan fingerprint density at radius 2 is 2.10 bits per heavy atom. The van der Waals surface area contributed by atoms with Crippen LogP contribution >= 0.6 is 11.6 Å². The molecule has 2 fully saturated rings. The lowest BCUT2D eigenvalue weighted by Gasteiger charge is -2.39. The summed E-state index contributed by atoms with van der Waals surface area (Å²) in [5, 5.41) is 9.58. The number of carboxylic acids is 1. The van der Waals surface area contributed by atoms with Crippen molar-refractivity contribution in [3.63, 3.8) is 0 Å². The standard InChI is InChI=1S/C17H21ClO3/c1-16(2)10-7-8-17(16,3)13(9-10)21-12-6-4-5-11(18)14(12)15(19)20/h4-6,10,13H,7-9H2,1-3H3,(H,19,20). The Bertz CT molecular complexity index is 596. The first kappa shape index (κ1) is 14.7. The van der Waals surface area contributed by atoms with E-state index in [-0.39, 0.29) is 27.5 Å². The molecule has 4 heteroatoms. The number of fused-ring (bicyclic) bond motifs is 2. The molecule has 1 aromatic carbocycles. The minimum absolute atomic E-state index is 0.0582. The van der Waals surface area contributed by atoms with E-state index < -0.39 is 5.97 Å². The Labute approximate surface area is 130 Å². The second kappa shape index (κ2) is 4.64. The lowest BCUT2D eigenvalue weighted by molar-refractivity contribution is 0.0288. The predicted octanol–water partition coefficient (Wildman–Crippen LogP) is 4.63. The largest absolute Gasteiger partial charge is 0.489 e. The Morgan fingerprint density at radius 3 is 2.62 bits per heavy atom. The number of halogens is 1. The molecule has 0 saturated heterocycles. The number of benzene rings is 1. The second-order valence-electron chi connectivity index (χ2n) is 7.14. The molecule has 2 aliphatic carbocycles. The van der Waals surface area contributed by atoms with Gasteiger partial charge in [0.2, 0.25) is 0 Å². The summed E-state index contributed by atoms with van der Waals surface area (Å²) in [5.41, 5.74) is 0.401. The Balaban J connectivity index is 1.93. The molecule has 21 heavy (non-hydrogen) atoms. The van der Waals surface area contributed by atoms with Crippen LogP contribution in [-0.4, -0.2) is 17.2 Å². The fourth-order valence-corrected chi connectivity index (χ4v) is 4.52. The van der Waals surface area contributed by atoms with Crippen LogP contribution in [0.15, 0.2) is 18.2 Å². The molecular weight excluding hydrogens is 288 g/mol. The van der Waals surface area contributed by atoms with Crippen molar-refractivity contribution >= 4 is 17.6 Å². The minimum atomic E-state index is -1.04. The van der Waals surface area contributed by atoms with Gasteiger partial charge in [-0.1, -0.05) is 38.4 Å². The van der Waals surface area contributed by atoms with E-state index in [2.05, 4.69) is 20.8 Å². The first-order chi connectivity index (χ1) is 9.77. The summed E-state index contributed by atoms with van der Waals surface area (Å²) in [5.74, 6) is 0.00714. The van der Waals surface area contributed by atoms with Crippen LogP contribution in [0.4, 0.5) is 0 Å². The molecule has 0 aliphatic heterocycles. The van der Waals surface area contributed by atoms with E-state index in [1.165, 1.54) is 6.42 Å². The summed E-state index contributed by atoms with van der Waals surface area (Å²) < 4.78 is 6.16. The molecular formula is C17H21ClO3. The quantitative estimate of drug-likeness (QED) is 0.885. The van der Waals surface area contributed by atoms with Crippen LogP contribution in [-0.2, 0) is 0 Å². The van der Waals surface area contributed by atoms with E-state index in [0.29, 0.717) is 11.7 Å². The van der Waals surface area contributed by atoms with Gasteiger partial charge in [-0.3, -0.25) is 0 Å². The van der Waals surface area contributed by atoms with Gasteiger partial charge in [0, 0.05) is 5.41 Å². The zero-order valence-corrected chi connectivity index (χ0v) is 13.4. The number of rotatable bonds is 3. The van der Waals surface area contributed by atoms with Crippen molar-refractivity contribution in [3.05, 3.63) is 28.8 Å². The van der Waals surface area contributed by atoms with Gasteiger partial charge in [-0.2, -0.15) is 0 Å². The zero-order valence-electron chi connectivity index (χ0n) is 12.6. The van der Waals surface area contributed by atoms with Gasteiger partial charge in [0.1, 0.15) is 17.4 Å². The van der Waals surface area contributed by atoms with Gasteiger partial charge < -0.3 is 9.84 Å². The average molecular weight is 309 g/mol. The van der Waals surface area contributed by atoms with Crippen molar-refractivity contribution in [3.8, 4) is 5.75 Å². The van der Waals surface area contributed by atoms with Gasteiger partial charge in [0.15, 0.2) is 0 Å². The molecule has 3 atom stereocenters. The Hall–Kier alpha value is -1.22. The van der Waals surface area contributed by atoms with E-state index in [4.69, 9.17) is 16.3 Å². The third-order valence-corrected chi connectivity index (χ3v) is 6.49. The molecule has 2 saturated carbocycles. The van der Waals surface area contributed by atoms with Crippen LogP contribution in [0.2, 0.25) is 5.02 Å². The van der Waals surface area contributed by atoms with E-state index in [9.17, 15) is 9.90 Å². The summed E-state index contributed by atoms with van der Waals surface area (Å²) in [6.07, 6.45) is 3.43. The van der Waals surface area contributed by atoms with Crippen LogP contribution in [0.3, 0.4) is 0 Å². The molecule has 0 radical (unpaired) electrons. The van der Waals surface area contributed by atoms with E-state index in [1.807, 2.05) is 0 Å². The Kier molecular flexibility index (Phi) is 3.25. The van der Waals surface area contributed by atoms with Gasteiger partial charge >= 0.3 is 5.97 Å². The van der Waals surface area contributed by atoms with E-state index >= 15 is 0 Å². The summed E-state index contributed by atoms with van der Waals surface area (Å²) in [4.78, 5) is 11.4. The Morgan fingerprint density at radius 1 is 1.38 bits per heavy atom.